The predicted octanol–water partition coefficient (Wildman–Crippen LogP) is 1.01. The van der Waals surface area contributed by atoms with Crippen LogP contribution in [0.4, 0.5) is 0 Å². The lowest BCUT2D eigenvalue weighted by molar-refractivity contribution is 0.104. The highest BCUT2D eigenvalue weighted by molar-refractivity contribution is 5.39. The Kier molecular flexibility index (Phi) is 5.93. The molecule has 1 aromatic carbocycles. The molecule has 0 bridgehead atoms. The molecule has 0 saturated heterocycles. The van der Waals surface area contributed by atoms with Gasteiger partial charge in [-0.25, -0.2) is 9.97 Å². The number of benzene rings is 1. The van der Waals surface area contributed by atoms with Crippen LogP contribution in [0.5, 0.6) is 11.5 Å². The Morgan fingerprint density at radius 3 is 2.76 bits per heavy atom. The molecule has 112 valence electrons. The first-order chi connectivity index (χ1) is 10.3. The van der Waals surface area contributed by atoms with Crippen molar-refractivity contribution in [3.05, 3.63) is 48.5 Å². The number of rotatable bonds is 8. The van der Waals surface area contributed by atoms with Gasteiger partial charge in [0.15, 0.2) is 11.5 Å². The van der Waals surface area contributed by atoms with Gasteiger partial charge in [0.1, 0.15) is 19.0 Å². The van der Waals surface area contributed by atoms with E-state index in [1.54, 1.807) is 19.4 Å². The maximum Gasteiger partial charge on any atom is 0.161 e. The summed E-state index contributed by atoms with van der Waals surface area (Å²) in [5, 5.41) is 13.0. The van der Waals surface area contributed by atoms with Crippen LogP contribution in [0, 0.1) is 0 Å². The average Bonchev–Trinajstić information content (AvgIpc) is 2.54. The number of nitrogens with zero attached hydrogens (tertiary/aromatic N) is 2. The summed E-state index contributed by atoms with van der Waals surface area (Å²) in [6, 6.07) is 9.17. The van der Waals surface area contributed by atoms with Gasteiger partial charge >= 0.3 is 0 Å². The van der Waals surface area contributed by atoms with E-state index < -0.39 is 6.10 Å². The average molecular weight is 289 g/mol. The van der Waals surface area contributed by atoms with Gasteiger partial charge in [0.25, 0.3) is 0 Å². The molecule has 1 atom stereocenters. The van der Waals surface area contributed by atoms with Gasteiger partial charge < -0.3 is 19.9 Å². The number of aromatic nitrogens is 2. The van der Waals surface area contributed by atoms with Gasteiger partial charge in [-0.15, -0.1) is 0 Å². The molecule has 1 heterocycles. The van der Waals surface area contributed by atoms with Crippen molar-refractivity contribution in [2.24, 2.45) is 0 Å². The Labute approximate surface area is 123 Å². The number of aliphatic hydroxyl groups excluding tert-OH is 1. The quantitative estimate of drug-likeness (QED) is 0.755. The first kappa shape index (κ1) is 15.2. The van der Waals surface area contributed by atoms with Crippen molar-refractivity contribution >= 4 is 0 Å². The number of nitrogens with one attached hydrogen (secondary N) is 1. The molecular weight excluding hydrogens is 270 g/mol. The standard InChI is InChI=1S/C15H19N3O3/c1-20-14-4-2-3-5-15(14)21-10-13(19)9-17-8-12-6-7-16-11-18-12/h2-7,11,13,17,19H,8-10H2,1H3. The topological polar surface area (TPSA) is 76.5 Å². The smallest absolute Gasteiger partial charge is 0.161 e. The summed E-state index contributed by atoms with van der Waals surface area (Å²) < 4.78 is 10.7. The molecule has 1 aromatic heterocycles. The maximum atomic E-state index is 9.89. The van der Waals surface area contributed by atoms with Crippen molar-refractivity contribution < 1.29 is 14.6 Å². The molecule has 0 aliphatic carbocycles. The molecule has 0 spiro atoms. The van der Waals surface area contributed by atoms with Gasteiger partial charge in [-0.1, -0.05) is 12.1 Å². The van der Waals surface area contributed by atoms with E-state index >= 15 is 0 Å². The van der Waals surface area contributed by atoms with E-state index in [-0.39, 0.29) is 6.61 Å². The van der Waals surface area contributed by atoms with Crippen LogP contribution in [-0.2, 0) is 6.54 Å². The number of aliphatic hydroxyl groups is 1. The third kappa shape index (κ3) is 5.02. The van der Waals surface area contributed by atoms with Crippen LogP contribution < -0.4 is 14.8 Å². The number of hydrogen-bond acceptors (Lipinski definition) is 6. The molecule has 2 N–H and O–H groups in total. The fourth-order valence-corrected chi connectivity index (χ4v) is 1.77. The SMILES string of the molecule is COc1ccccc1OCC(O)CNCc1ccncn1. The van der Waals surface area contributed by atoms with Crippen LogP contribution in [0.2, 0.25) is 0 Å². The Bertz CT molecular complexity index is 537. The van der Waals surface area contributed by atoms with Crippen molar-refractivity contribution in [2.45, 2.75) is 12.6 Å². The van der Waals surface area contributed by atoms with E-state index in [9.17, 15) is 5.11 Å². The van der Waals surface area contributed by atoms with Gasteiger partial charge in [-0.3, -0.25) is 0 Å². The molecule has 0 aliphatic rings. The summed E-state index contributed by atoms with van der Waals surface area (Å²) in [5.74, 6) is 1.27. The minimum Gasteiger partial charge on any atom is -0.493 e. The molecule has 1 unspecified atom stereocenters. The molecule has 0 radical (unpaired) electrons. The van der Waals surface area contributed by atoms with Crippen LogP contribution in [0.3, 0.4) is 0 Å². The van der Waals surface area contributed by atoms with Crippen molar-refractivity contribution in [3.8, 4) is 11.5 Å². The minimum atomic E-state index is -0.614. The monoisotopic (exact) mass is 289 g/mol. The van der Waals surface area contributed by atoms with E-state index in [1.807, 2.05) is 24.3 Å². The third-order valence-corrected chi connectivity index (χ3v) is 2.83. The summed E-state index contributed by atoms with van der Waals surface area (Å²) in [4.78, 5) is 7.94. The second kappa shape index (κ2) is 8.18. The molecule has 0 fully saturated rings. The third-order valence-electron chi connectivity index (χ3n) is 2.83. The van der Waals surface area contributed by atoms with E-state index in [0.29, 0.717) is 24.6 Å². The van der Waals surface area contributed by atoms with E-state index in [2.05, 4.69) is 15.3 Å². The van der Waals surface area contributed by atoms with Crippen LogP contribution >= 0.6 is 0 Å². The minimum absolute atomic E-state index is 0.192. The van der Waals surface area contributed by atoms with Gasteiger partial charge in [0, 0.05) is 19.3 Å². The zero-order valence-corrected chi connectivity index (χ0v) is 11.9. The van der Waals surface area contributed by atoms with Gasteiger partial charge in [-0.05, 0) is 18.2 Å². The summed E-state index contributed by atoms with van der Waals surface area (Å²) in [6.45, 7) is 1.19. The summed E-state index contributed by atoms with van der Waals surface area (Å²) in [7, 11) is 1.59. The van der Waals surface area contributed by atoms with Gasteiger partial charge in [-0.2, -0.15) is 0 Å². The van der Waals surface area contributed by atoms with Crippen LogP contribution in [0.15, 0.2) is 42.9 Å². The molecule has 0 amide bonds. The largest absolute Gasteiger partial charge is 0.493 e. The van der Waals surface area contributed by atoms with Crippen LogP contribution in [0.1, 0.15) is 5.69 Å². The molecule has 2 aromatic rings. The van der Waals surface area contributed by atoms with Gasteiger partial charge in [0.05, 0.1) is 12.8 Å². The number of para-hydroxylation sites is 2. The highest BCUT2D eigenvalue weighted by Crippen LogP contribution is 2.25. The van der Waals surface area contributed by atoms with E-state index in [4.69, 9.17) is 9.47 Å². The molecule has 21 heavy (non-hydrogen) atoms. The second-order valence-corrected chi connectivity index (χ2v) is 4.45. The van der Waals surface area contributed by atoms with Crippen molar-refractivity contribution in [1.82, 2.24) is 15.3 Å². The summed E-state index contributed by atoms with van der Waals surface area (Å²) in [5.41, 5.74) is 0.878. The van der Waals surface area contributed by atoms with Crippen molar-refractivity contribution in [1.29, 1.82) is 0 Å². The fourth-order valence-electron chi connectivity index (χ4n) is 1.77. The molecule has 6 heteroatoms. The Morgan fingerprint density at radius 1 is 1.24 bits per heavy atom. The zero-order valence-electron chi connectivity index (χ0n) is 11.9. The fraction of sp³-hybridized carbons (Fsp3) is 0.333. The highest BCUT2D eigenvalue weighted by atomic mass is 16.5. The second-order valence-electron chi connectivity index (χ2n) is 4.45. The number of hydrogen-bond donors (Lipinski definition) is 2. The zero-order chi connectivity index (χ0) is 14.9. The lowest BCUT2D eigenvalue weighted by atomic mass is 10.3. The first-order valence-electron chi connectivity index (χ1n) is 6.69. The first-order valence-corrected chi connectivity index (χ1v) is 6.69. The Balaban J connectivity index is 1.71. The molecular formula is C15H19N3O3. The molecule has 0 saturated carbocycles. The Morgan fingerprint density at radius 2 is 2.05 bits per heavy atom. The molecule has 6 nitrogen and oxygen atoms in total. The van der Waals surface area contributed by atoms with E-state index in [1.165, 1.54) is 6.33 Å². The van der Waals surface area contributed by atoms with Crippen LogP contribution in [-0.4, -0.2) is 41.4 Å². The van der Waals surface area contributed by atoms with Crippen molar-refractivity contribution in [2.75, 3.05) is 20.3 Å². The van der Waals surface area contributed by atoms with E-state index in [0.717, 1.165) is 5.69 Å². The summed E-state index contributed by atoms with van der Waals surface area (Å²) >= 11 is 0. The summed E-state index contributed by atoms with van der Waals surface area (Å²) in [6.07, 6.45) is 2.57. The number of ether oxygens (including phenoxy) is 2. The van der Waals surface area contributed by atoms with Gasteiger partial charge in [0.2, 0.25) is 0 Å². The molecule has 0 aliphatic heterocycles. The maximum absolute atomic E-state index is 9.89. The normalized spacial score (nSPS) is 11.9. The lowest BCUT2D eigenvalue weighted by Crippen LogP contribution is -2.31. The number of methoxy groups -OCH3 is 1. The lowest BCUT2D eigenvalue weighted by Gasteiger charge is -2.14. The van der Waals surface area contributed by atoms with Crippen molar-refractivity contribution in [3.63, 3.8) is 0 Å². The molecule has 2 rings (SSSR count). The predicted molar refractivity (Wildman–Crippen MR) is 78.2 cm³/mol. The highest BCUT2D eigenvalue weighted by Gasteiger charge is 2.08. The Hall–Kier alpha value is -2.18. The van der Waals surface area contributed by atoms with Crippen LogP contribution in [0.25, 0.3) is 0 Å².